The van der Waals surface area contributed by atoms with Gasteiger partial charge in [-0.3, -0.25) is 9.59 Å². The van der Waals surface area contributed by atoms with Crippen molar-refractivity contribution in [3.63, 3.8) is 0 Å². The van der Waals surface area contributed by atoms with E-state index in [0.29, 0.717) is 13.0 Å². The second-order valence-electron chi connectivity index (χ2n) is 6.70. The number of aromatic hydroxyl groups is 4. The summed E-state index contributed by atoms with van der Waals surface area (Å²) in [6.45, 7) is 0.536. The van der Waals surface area contributed by atoms with Crippen LogP contribution in [0.3, 0.4) is 0 Å². The molecule has 9 nitrogen and oxygen atoms in total. The minimum absolute atomic E-state index is 0. The summed E-state index contributed by atoms with van der Waals surface area (Å²) in [6, 6.07) is 5.86. The molecular formula is C21H22ClNO8. The van der Waals surface area contributed by atoms with E-state index in [4.69, 9.17) is 14.9 Å². The number of carbonyl (C=O) groups is 1. The Balaban J connectivity index is 0.00000341. The molecular weight excluding hydrogens is 430 g/mol. The van der Waals surface area contributed by atoms with E-state index in [1.165, 1.54) is 18.2 Å². The van der Waals surface area contributed by atoms with Gasteiger partial charge in [-0.1, -0.05) is 6.42 Å². The SMILES string of the molecule is Cl.NCCCCCC(=O)Oc1cc(-c2oc3cc(O)cc(O)c3c(=O)c2O)ccc1O. The number of benzene rings is 2. The smallest absolute Gasteiger partial charge is 0.311 e. The fourth-order valence-electron chi connectivity index (χ4n) is 2.97. The Hall–Kier alpha value is -3.43. The third-order valence-electron chi connectivity index (χ3n) is 4.47. The molecule has 0 radical (unpaired) electrons. The number of halogens is 1. The molecule has 0 unspecified atom stereocenters. The number of esters is 1. The molecule has 10 heteroatoms. The van der Waals surface area contributed by atoms with Gasteiger partial charge in [-0.2, -0.15) is 0 Å². The normalized spacial score (nSPS) is 10.6. The highest BCUT2D eigenvalue weighted by atomic mass is 35.5. The summed E-state index contributed by atoms with van der Waals surface area (Å²) in [4.78, 5) is 24.5. The van der Waals surface area contributed by atoms with Crippen LogP contribution in [-0.2, 0) is 4.79 Å². The molecule has 1 aromatic heterocycles. The fraction of sp³-hybridized carbons (Fsp3) is 0.238. The Morgan fingerprint density at radius 3 is 2.45 bits per heavy atom. The summed E-state index contributed by atoms with van der Waals surface area (Å²) in [5.41, 5.74) is 4.48. The fourth-order valence-corrected chi connectivity index (χ4v) is 2.97. The highest BCUT2D eigenvalue weighted by molar-refractivity contribution is 5.88. The number of nitrogens with two attached hydrogens (primary N) is 1. The maximum atomic E-state index is 12.5. The molecule has 0 aliphatic heterocycles. The lowest BCUT2D eigenvalue weighted by molar-refractivity contribution is -0.134. The van der Waals surface area contributed by atoms with Crippen LogP contribution in [0.25, 0.3) is 22.3 Å². The van der Waals surface area contributed by atoms with Crippen molar-refractivity contribution in [3.05, 3.63) is 40.6 Å². The van der Waals surface area contributed by atoms with E-state index in [9.17, 15) is 30.0 Å². The maximum absolute atomic E-state index is 12.5. The Bertz CT molecular complexity index is 1160. The molecule has 0 bridgehead atoms. The molecule has 1 heterocycles. The van der Waals surface area contributed by atoms with Gasteiger partial charge in [0.05, 0.1) is 0 Å². The number of carbonyl (C=O) groups excluding carboxylic acids is 1. The van der Waals surface area contributed by atoms with Crippen LogP contribution in [0.4, 0.5) is 0 Å². The van der Waals surface area contributed by atoms with E-state index >= 15 is 0 Å². The topological polar surface area (TPSA) is 163 Å². The van der Waals surface area contributed by atoms with Crippen molar-refractivity contribution in [1.82, 2.24) is 0 Å². The molecule has 0 spiro atoms. The first-order valence-electron chi connectivity index (χ1n) is 9.27. The summed E-state index contributed by atoms with van der Waals surface area (Å²) in [6.07, 6.45) is 2.29. The first kappa shape index (κ1) is 23.8. The first-order valence-corrected chi connectivity index (χ1v) is 9.27. The third kappa shape index (κ3) is 5.19. The molecule has 0 saturated carbocycles. The van der Waals surface area contributed by atoms with Crippen LogP contribution < -0.4 is 15.9 Å². The number of unbranched alkanes of at least 4 members (excludes halogenated alkanes) is 2. The first-order chi connectivity index (χ1) is 14.3. The average Bonchev–Trinajstić information content (AvgIpc) is 2.69. The van der Waals surface area contributed by atoms with Crippen molar-refractivity contribution in [3.8, 4) is 40.1 Å². The Morgan fingerprint density at radius 2 is 1.74 bits per heavy atom. The van der Waals surface area contributed by atoms with Crippen molar-refractivity contribution < 1.29 is 34.4 Å². The standard InChI is InChI=1S/C21H21NO8.ClH/c22-7-3-1-2-4-17(26)29-15-8-11(5-6-13(15)24)21-20(28)19(27)18-14(25)9-12(23)10-16(18)30-21;/h5-6,8-10,23-25,28H,1-4,7,22H2;1H. The number of hydrogen-bond donors (Lipinski definition) is 5. The van der Waals surface area contributed by atoms with Crippen molar-refractivity contribution in [1.29, 1.82) is 0 Å². The summed E-state index contributed by atoms with van der Waals surface area (Å²) < 4.78 is 10.7. The van der Waals surface area contributed by atoms with Crippen molar-refractivity contribution in [2.24, 2.45) is 5.73 Å². The quantitative estimate of drug-likeness (QED) is 0.206. The van der Waals surface area contributed by atoms with Crippen molar-refractivity contribution >= 4 is 29.3 Å². The van der Waals surface area contributed by atoms with E-state index < -0.39 is 22.9 Å². The van der Waals surface area contributed by atoms with Crippen LogP contribution in [0, 0.1) is 0 Å². The van der Waals surface area contributed by atoms with Gasteiger partial charge >= 0.3 is 5.97 Å². The van der Waals surface area contributed by atoms with Gasteiger partial charge in [-0.05, 0) is 37.6 Å². The Labute approximate surface area is 182 Å². The van der Waals surface area contributed by atoms with Gasteiger partial charge in [0.25, 0.3) is 0 Å². The molecule has 3 aromatic rings. The number of hydrogen-bond acceptors (Lipinski definition) is 9. The van der Waals surface area contributed by atoms with E-state index in [1.54, 1.807) is 0 Å². The maximum Gasteiger partial charge on any atom is 0.311 e. The number of phenolic OH excluding ortho intramolecular Hbond substituents is 3. The summed E-state index contributed by atoms with van der Waals surface area (Å²) in [5.74, 6) is -2.99. The molecule has 6 N–H and O–H groups in total. The second kappa shape index (κ2) is 10.1. The predicted octanol–water partition coefficient (Wildman–Crippen LogP) is 3.13. The lowest BCUT2D eigenvalue weighted by atomic mass is 10.1. The van der Waals surface area contributed by atoms with Gasteiger partial charge < -0.3 is 35.3 Å². The van der Waals surface area contributed by atoms with Gasteiger partial charge in [0, 0.05) is 24.1 Å². The van der Waals surface area contributed by atoms with E-state index in [0.717, 1.165) is 25.0 Å². The van der Waals surface area contributed by atoms with Crippen molar-refractivity contribution in [2.45, 2.75) is 25.7 Å². The van der Waals surface area contributed by atoms with E-state index in [1.807, 2.05) is 0 Å². The van der Waals surface area contributed by atoms with Gasteiger partial charge in [0.15, 0.2) is 17.3 Å². The molecule has 0 saturated heterocycles. The van der Waals surface area contributed by atoms with Crippen LogP contribution in [0.1, 0.15) is 25.7 Å². The largest absolute Gasteiger partial charge is 0.508 e. The lowest BCUT2D eigenvalue weighted by Crippen LogP contribution is -2.08. The lowest BCUT2D eigenvalue weighted by Gasteiger charge is -2.10. The van der Waals surface area contributed by atoms with E-state index in [2.05, 4.69) is 0 Å². The molecule has 0 atom stereocenters. The number of rotatable bonds is 7. The minimum atomic E-state index is -0.907. The number of ether oxygens (including phenoxy) is 1. The molecule has 0 amide bonds. The van der Waals surface area contributed by atoms with Gasteiger partial charge in [-0.15, -0.1) is 12.4 Å². The van der Waals surface area contributed by atoms with Gasteiger partial charge in [0.1, 0.15) is 22.5 Å². The summed E-state index contributed by atoms with van der Waals surface area (Å²) >= 11 is 0. The van der Waals surface area contributed by atoms with Crippen LogP contribution in [0.5, 0.6) is 28.7 Å². The minimum Gasteiger partial charge on any atom is -0.508 e. The van der Waals surface area contributed by atoms with Crippen LogP contribution in [0.15, 0.2) is 39.5 Å². The van der Waals surface area contributed by atoms with Gasteiger partial charge in [0.2, 0.25) is 11.2 Å². The number of fused-ring (bicyclic) bond motifs is 1. The highest BCUT2D eigenvalue weighted by Gasteiger charge is 2.20. The molecule has 2 aromatic carbocycles. The molecule has 31 heavy (non-hydrogen) atoms. The third-order valence-corrected chi connectivity index (χ3v) is 4.47. The zero-order chi connectivity index (χ0) is 21.8. The van der Waals surface area contributed by atoms with E-state index in [-0.39, 0.29) is 58.4 Å². The van der Waals surface area contributed by atoms with Gasteiger partial charge in [-0.25, -0.2) is 0 Å². The molecule has 3 rings (SSSR count). The molecule has 0 aliphatic carbocycles. The predicted molar refractivity (Wildman–Crippen MR) is 115 cm³/mol. The Morgan fingerprint density at radius 1 is 1.00 bits per heavy atom. The van der Waals surface area contributed by atoms with Crippen LogP contribution >= 0.6 is 12.4 Å². The average molecular weight is 452 g/mol. The van der Waals surface area contributed by atoms with Crippen LogP contribution in [-0.4, -0.2) is 32.9 Å². The zero-order valence-corrected chi connectivity index (χ0v) is 17.1. The molecule has 0 fully saturated rings. The zero-order valence-electron chi connectivity index (χ0n) is 16.3. The molecule has 0 aliphatic rings. The van der Waals surface area contributed by atoms with Crippen LogP contribution in [0.2, 0.25) is 0 Å². The van der Waals surface area contributed by atoms with Crippen molar-refractivity contribution in [2.75, 3.05) is 6.54 Å². The summed E-state index contributed by atoms with van der Waals surface area (Å²) in [5, 5.41) is 39.5. The second-order valence-corrected chi connectivity index (χ2v) is 6.70. The highest BCUT2D eigenvalue weighted by Crippen LogP contribution is 2.38. The summed E-state index contributed by atoms with van der Waals surface area (Å²) in [7, 11) is 0. The number of phenols is 3. The monoisotopic (exact) mass is 451 g/mol. The molecule has 166 valence electrons. The Kier molecular flexibility index (Phi) is 7.73.